The molecule has 92 valence electrons. The summed E-state index contributed by atoms with van der Waals surface area (Å²) < 4.78 is 0. The van der Waals surface area contributed by atoms with Crippen LogP contribution in [0.25, 0.3) is 0 Å². The van der Waals surface area contributed by atoms with E-state index in [1.807, 2.05) is 0 Å². The molecule has 3 unspecified atom stereocenters. The lowest BCUT2D eigenvalue weighted by Gasteiger charge is -2.27. The van der Waals surface area contributed by atoms with Gasteiger partial charge in [0.1, 0.15) is 0 Å². The van der Waals surface area contributed by atoms with Gasteiger partial charge in [0.2, 0.25) is 0 Å². The van der Waals surface area contributed by atoms with Crippen molar-refractivity contribution in [3.63, 3.8) is 0 Å². The standard InChI is InChI=1S/C12H32Si3/c1-7-10(4)13-14-15(11(5)8-2)12(6)9-3/h10-12,15H,7-9,13-14H2,1-6H3. The van der Waals surface area contributed by atoms with Crippen LogP contribution in [0.3, 0.4) is 0 Å². The predicted molar refractivity (Wildman–Crippen MR) is 83.4 cm³/mol. The highest BCUT2D eigenvalue weighted by Crippen LogP contribution is 2.25. The monoisotopic (exact) mass is 260 g/mol. The van der Waals surface area contributed by atoms with Crippen molar-refractivity contribution in [1.29, 1.82) is 0 Å². The van der Waals surface area contributed by atoms with E-state index in [1.54, 1.807) is 0 Å². The Morgan fingerprint density at radius 3 is 1.67 bits per heavy atom. The van der Waals surface area contributed by atoms with Gasteiger partial charge in [-0.05, 0) is 0 Å². The van der Waals surface area contributed by atoms with Crippen molar-refractivity contribution in [1.82, 2.24) is 0 Å². The molecule has 0 N–H and O–H groups in total. The molecule has 0 saturated carbocycles. The van der Waals surface area contributed by atoms with Gasteiger partial charge in [-0.1, -0.05) is 77.4 Å². The highest BCUT2D eigenvalue weighted by Gasteiger charge is 2.23. The van der Waals surface area contributed by atoms with Crippen LogP contribution in [0.1, 0.15) is 60.8 Å². The van der Waals surface area contributed by atoms with Crippen LogP contribution in [0.2, 0.25) is 16.6 Å². The Kier molecular flexibility index (Phi) is 9.14. The van der Waals surface area contributed by atoms with E-state index >= 15 is 0 Å². The molecule has 3 heteroatoms. The first-order chi connectivity index (χ1) is 7.06. The quantitative estimate of drug-likeness (QED) is 0.589. The molecule has 3 atom stereocenters. The molecule has 0 rings (SSSR count). The Morgan fingerprint density at radius 1 is 0.867 bits per heavy atom. The predicted octanol–water partition coefficient (Wildman–Crippen LogP) is 2.78. The minimum Gasteiger partial charge on any atom is -0.0657 e. The van der Waals surface area contributed by atoms with Crippen molar-refractivity contribution in [3.8, 4) is 0 Å². The molecule has 0 radical (unpaired) electrons. The van der Waals surface area contributed by atoms with Crippen LogP contribution in [0.5, 0.6) is 0 Å². The molecule has 0 heterocycles. The van der Waals surface area contributed by atoms with E-state index in [1.165, 1.54) is 19.3 Å². The summed E-state index contributed by atoms with van der Waals surface area (Å²) in [7, 11) is 0.521. The fourth-order valence-electron chi connectivity index (χ4n) is 2.42. The first kappa shape index (κ1) is 15.7. The summed E-state index contributed by atoms with van der Waals surface area (Å²) in [5.74, 6) is 0. The summed E-state index contributed by atoms with van der Waals surface area (Å²) in [6, 6.07) is 0. The fraction of sp³-hybridized carbons (Fsp3) is 1.00. The van der Waals surface area contributed by atoms with Gasteiger partial charge in [0.05, 0.1) is 0 Å². The molecule has 15 heavy (non-hydrogen) atoms. The lowest BCUT2D eigenvalue weighted by atomic mass is 10.4. The summed E-state index contributed by atoms with van der Waals surface area (Å²) in [5.41, 5.74) is 3.44. The van der Waals surface area contributed by atoms with Gasteiger partial charge in [-0.2, -0.15) is 0 Å². The van der Waals surface area contributed by atoms with Gasteiger partial charge < -0.3 is 0 Å². The fourth-order valence-corrected chi connectivity index (χ4v) is 35.6. The summed E-state index contributed by atoms with van der Waals surface area (Å²) in [6.07, 6.45) is 4.38. The molecule has 0 saturated heterocycles. The van der Waals surface area contributed by atoms with E-state index in [4.69, 9.17) is 0 Å². The van der Waals surface area contributed by atoms with Crippen molar-refractivity contribution in [3.05, 3.63) is 0 Å². The lowest BCUT2D eigenvalue weighted by Crippen LogP contribution is -2.36. The average molecular weight is 261 g/mol. The Labute approximate surface area is 103 Å². The minimum atomic E-state index is -0.292. The molecule has 0 aromatic carbocycles. The summed E-state index contributed by atoms with van der Waals surface area (Å²) in [5, 5.41) is 0. The molecule has 0 spiro atoms. The maximum Gasteiger partial charge on any atom is 0.0267 e. The minimum absolute atomic E-state index is 0.292. The Bertz CT molecular complexity index is 140. The van der Waals surface area contributed by atoms with Gasteiger partial charge >= 0.3 is 0 Å². The molecule has 0 aliphatic heterocycles. The highest BCUT2D eigenvalue weighted by atomic mass is 29.5. The average Bonchev–Trinajstić information content (AvgIpc) is 2.27. The first-order valence-electron chi connectivity index (χ1n) is 7.06. The van der Waals surface area contributed by atoms with E-state index in [9.17, 15) is 0 Å². The van der Waals surface area contributed by atoms with E-state index in [2.05, 4.69) is 41.5 Å². The van der Waals surface area contributed by atoms with Gasteiger partial charge in [0, 0.05) is 25.9 Å². The third-order valence-corrected chi connectivity index (χ3v) is 30.7. The number of hydrogen-bond donors (Lipinski definition) is 0. The summed E-state index contributed by atoms with van der Waals surface area (Å²) >= 11 is 0. The molecular weight excluding hydrogens is 228 g/mol. The van der Waals surface area contributed by atoms with E-state index < -0.39 is 0 Å². The zero-order chi connectivity index (χ0) is 11.8. The Morgan fingerprint density at radius 2 is 1.33 bits per heavy atom. The van der Waals surface area contributed by atoms with Crippen LogP contribution in [0.15, 0.2) is 0 Å². The molecule has 0 fully saturated rings. The Hall–Kier alpha value is 0.651. The second-order valence-corrected chi connectivity index (χ2v) is 23.2. The van der Waals surface area contributed by atoms with Crippen LogP contribution < -0.4 is 0 Å². The molecule has 0 aliphatic rings. The third kappa shape index (κ3) is 6.07. The normalized spacial score (nSPS) is 21.2. The molecule has 0 aliphatic carbocycles. The molecule has 0 aromatic heterocycles. The van der Waals surface area contributed by atoms with Crippen molar-refractivity contribution >= 4 is 25.9 Å². The van der Waals surface area contributed by atoms with Gasteiger partial charge in [-0.3, -0.25) is 0 Å². The van der Waals surface area contributed by atoms with Crippen LogP contribution in [0, 0.1) is 0 Å². The SMILES string of the molecule is CCC(C)[SiH2][SiH2][SiH](C(C)CC)C(C)CC. The summed E-state index contributed by atoms with van der Waals surface area (Å²) in [4.78, 5) is 0. The van der Waals surface area contributed by atoms with Gasteiger partial charge in [-0.15, -0.1) is 0 Å². The maximum absolute atomic E-state index is 2.56. The Balaban J connectivity index is 4.12. The first-order valence-corrected chi connectivity index (χ1v) is 16.5. The van der Waals surface area contributed by atoms with Crippen molar-refractivity contribution in [2.45, 2.75) is 77.4 Å². The van der Waals surface area contributed by atoms with E-state index in [0.717, 1.165) is 16.6 Å². The van der Waals surface area contributed by atoms with Crippen LogP contribution >= 0.6 is 0 Å². The third-order valence-electron chi connectivity index (χ3n) is 4.44. The zero-order valence-corrected chi connectivity index (χ0v) is 15.8. The summed E-state index contributed by atoms with van der Waals surface area (Å²) in [6.45, 7) is 14.8. The molecule has 0 aromatic rings. The van der Waals surface area contributed by atoms with E-state index in [-0.39, 0.29) is 8.31 Å². The van der Waals surface area contributed by atoms with Crippen molar-refractivity contribution in [2.24, 2.45) is 0 Å². The lowest BCUT2D eigenvalue weighted by molar-refractivity contribution is 0.796. The van der Waals surface area contributed by atoms with Gasteiger partial charge in [-0.25, -0.2) is 0 Å². The van der Waals surface area contributed by atoms with Gasteiger partial charge in [0.25, 0.3) is 0 Å². The molecule has 0 nitrogen and oxygen atoms in total. The topological polar surface area (TPSA) is 0 Å². The number of hydrogen-bond acceptors (Lipinski definition) is 0. The van der Waals surface area contributed by atoms with Crippen molar-refractivity contribution in [2.75, 3.05) is 0 Å². The zero-order valence-electron chi connectivity index (χ0n) is 11.8. The number of rotatable bonds is 8. The second-order valence-electron chi connectivity index (χ2n) is 5.53. The maximum atomic E-state index is 2.56. The van der Waals surface area contributed by atoms with Crippen LogP contribution in [-0.4, -0.2) is 25.9 Å². The van der Waals surface area contributed by atoms with Crippen LogP contribution in [-0.2, 0) is 0 Å². The molecule has 0 amide bonds. The largest absolute Gasteiger partial charge is 0.0657 e. The smallest absolute Gasteiger partial charge is 0.0267 e. The van der Waals surface area contributed by atoms with Gasteiger partial charge in [0.15, 0.2) is 0 Å². The molecule has 0 bridgehead atoms. The highest BCUT2D eigenvalue weighted by molar-refractivity contribution is 7.36. The van der Waals surface area contributed by atoms with Crippen LogP contribution in [0.4, 0.5) is 0 Å². The second kappa shape index (κ2) is 8.76. The van der Waals surface area contributed by atoms with Crippen molar-refractivity contribution < 1.29 is 0 Å². The van der Waals surface area contributed by atoms with E-state index in [0.29, 0.717) is 17.6 Å². The molecular formula is C12H32Si3.